The minimum Gasteiger partial charge on any atom is -0.481 e. The quantitative estimate of drug-likeness (QED) is 0.833. The van der Waals surface area contributed by atoms with Crippen LogP contribution < -0.4 is 4.74 Å². The number of rotatable bonds is 7. The fraction of sp³-hybridized carbons (Fsp3) is 0.467. The summed E-state index contributed by atoms with van der Waals surface area (Å²) in [5.41, 5.74) is -0.951. The van der Waals surface area contributed by atoms with E-state index in [0.29, 0.717) is 0 Å². The lowest BCUT2D eigenvalue weighted by atomic mass is 10.2. The summed E-state index contributed by atoms with van der Waals surface area (Å²) in [7, 11) is 1.44. The van der Waals surface area contributed by atoms with Gasteiger partial charge in [0.15, 0.2) is 6.10 Å². The zero-order valence-corrected chi connectivity index (χ0v) is 12.8. The molecule has 23 heavy (non-hydrogen) atoms. The van der Waals surface area contributed by atoms with Crippen molar-refractivity contribution in [2.75, 3.05) is 13.6 Å². The molecule has 0 aliphatic rings. The summed E-state index contributed by atoms with van der Waals surface area (Å²) in [6.45, 7) is 1.53. The largest absolute Gasteiger partial charge is 0.481 e. The number of carboxylic acids is 1. The smallest absolute Gasteiger partial charge is 0.419 e. The van der Waals surface area contributed by atoms with E-state index in [-0.39, 0.29) is 19.4 Å². The molecule has 1 unspecified atom stereocenters. The van der Waals surface area contributed by atoms with Crippen LogP contribution in [-0.2, 0) is 15.8 Å². The molecule has 1 atom stereocenters. The van der Waals surface area contributed by atoms with Crippen molar-refractivity contribution >= 4 is 11.9 Å². The Hall–Kier alpha value is -2.25. The molecule has 5 nitrogen and oxygen atoms in total. The molecule has 0 aliphatic heterocycles. The van der Waals surface area contributed by atoms with Crippen molar-refractivity contribution in [3.8, 4) is 5.75 Å². The van der Waals surface area contributed by atoms with Gasteiger partial charge in [-0.3, -0.25) is 9.59 Å². The van der Waals surface area contributed by atoms with Gasteiger partial charge in [0, 0.05) is 20.0 Å². The molecule has 0 radical (unpaired) electrons. The highest BCUT2D eigenvalue weighted by atomic mass is 19.4. The molecular weight excluding hydrogens is 315 g/mol. The van der Waals surface area contributed by atoms with E-state index < -0.39 is 35.5 Å². The third-order valence-corrected chi connectivity index (χ3v) is 3.10. The second-order valence-corrected chi connectivity index (χ2v) is 5.01. The number of likely N-dealkylation sites (N-methyl/N-ethyl adjacent to an activating group) is 1. The summed E-state index contributed by atoms with van der Waals surface area (Å²) in [5.74, 6) is -1.92. The number of nitrogens with zero attached hydrogens (tertiary/aromatic N) is 1. The molecule has 0 saturated heterocycles. The predicted octanol–water partition coefficient (Wildman–Crippen LogP) is 2.80. The van der Waals surface area contributed by atoms with Crippen molar-refractivity contribution in [1.29, 1.82) is 0 Å². The van der Waals surface area contributed by atoms with Gasteiger partial charge >= 0.3 is 12.1 Å². The Morgan fingerprint density at radius 1 is 1.30 bits per heavy atom. The Balaban J connectivity index is 2.70. The third kappa shape index (κ3) is 5.80. The standard InChI is InChI=1S/C15H18F3NO4/c1-10(14(22)19(2)9-5-8-13(20)21)23-12-7-4-3-6-11(12)15(16,17)18/h3-4,6-7,10H,5,8-9H2,1-2H3,(H,20,21). The molecule has 0 aromatic heterocycles. The Labute approximate surface area is 131 Å². The zero-order valence-electron chi connectivity index (χ0n) is 12.8. The second-order valence-electron chi connectivity index (χ2n) is 5.01. The van der Waals surface area contributed by atoms with Gasteiger partial charge in [0.25, 0.3) is 5.91 Å². The topological polar surface area (TPSA) is 66.8 Å². The highest BCUT2D eigenvalue weighted by Gasteiger charge is 2.35. The molecule has 0 fully saturated rings. The minimum absolute atomic E-state index is 0.0935. The maximum Gasteiger partial charge on any atom is 0.419 e. The van der Waals surface area contributed by atoms with Crippen molar-refractivity contribution in [2.45, 2.75) is 32.0 Å². The van der Waals surface area contributed by atoms with Gasteiger partial charge in [0.05, 0.1) is 5.56 Å². The average molecular weight is 333 g/mol. The number of halogens is 3. The van der Waals surface area contributed by atoms with Crippen LogP contribution in [0.2, 0.25) is 0 Å². The van der Waals surface area contributed by atoms with Crippen molar-refractivity contribution < 1.29 is 32.6 Å². The van der Waals surface area contributed by atoms with Crippen LogP contribution in [0.3, 0.4) is 0 Å². The van der Waals surface area contributed by atoms with Gasteiger partial charge in [-0.05, 0) is 25.5 Å². The summed E-state index contributed by atoms with van der Waals surface area (Å²) in [4.78, 5) is 23.7. The first kappa shape index (κ1) is 18.8. The van der Waals surface area contributed by atoms with E-state index in [0.717, 1.165) is 12.1 Å². The highest BCUT2D eigenvalue weighted by Crippen LogP contribution is 2.36. The van der Waals surface area contributed by atoms with Crippen LogP contribution in [0.15, 0.2) is 24.3 Å². The normalized spacial score (nSPS) is 12.6. The number of carbonyl (C=O) groups is 2. The molecule has 1 aromatic carbocycles. The molecule has 0 bridgehead atoms. The predicted molar refractivity (Wildman–Crippen MR) is 76.0 cm³/mol. The average Bonchev–Trinajstić information content (AvgIpc) is 2.45. The molecule has 8 heteroatoms. The molecule has 128 valence electrons. The summed E-state index contributed by atoms with van der Waals surface area (Å²) in [6.07, 6.45) is -5.53. The Morgan fingerprint density at radius 3 is 2.48 bits per heavy atom. The van der Waals surface area contributed by atoms with Crippen molar-refractivity contribution in [2.24, 2.45) is 0 Å². The van der Waals surface area contributed by atoms with Crippen LogP contribution in [0.1, 0.15) is 25.3 Å². The summed E-state index contributed by atoms with van der Waals surface area (Å²) >= 11 is 0. The molecule has 0 spiro atoms. The number of benzene rings is 1. The lowest BCUT2D eigenvalue weighted by molar-refractivity contribution is -0.143. The molecule has 0 heterocycles. The molecule has 1 amide bonds. The lowest BCUT2D eigenvalue weighted by Gasteiger charge is -2.23. The van der Waals surface area contributed by atoms with E-state index in [1.165, 1.54) is 31.0 Å². The molecule has 1 rings (SSSR count). The fourth-order valence-electron chi connectivity index (χ4n) is 1.93. The van der Waals surface area contributed by atoms with Crippen molar-refractivity contribution in [3.05, 3.63) is 29.8 Å². The van der Waals surface area contributed by atoms with Gasteiger partial charge in [0.1, 0.15) is 5.75 Å². The first-order valence-electron chi connectivity index (χ1n) is 6.92. The molecule has 0 aliphatic carbocycles. The maximum atomic E-state index is 12.9. The van der Waals surface area contributed by atoms with Crippen molar-refractivity contribution in [1.82, 2.24) is 4.90 Å². The fourth-order valence-corrected chi connectivity index (χ4v) is 1.93. The van der Waals surface area contributed by atoms with E-state index in [2.05, 4.69) is 0 Å². The number of hydrogen-bond acceptors (Lipinski definition) is 3. The zero-order chi connectivity index (χ0) is 17.6. The van der Waals surface area contributed by atoms with Gasteiger partial charge in [-0.2, -0.15) is 13.2 Å². The van der Waals surface area contributed by atoms with Crippen LogP contribution in [0.4, 0.5) is 13.2 Å². The van der Waals surface area contributed by atoms with Gasteiger partial charge < -0.3 is 14.7 Å². The van der Waals surface area contributed by atoms with Crippen LogP contribution in [0.25, 0.3) is 0 Å². The van der Waals surface area contributed by atoms with Crippen LogP contribution in [0, 0.1) is 0 Å². The number of para-hydroxylation sites is 1. The Kier molecular flexibility index (Phi) is 6.41. The SMILES string of the molecule is CC(Oc1ccccc1C(F)(F)F)C(=O)N(C)CCCC(=O)O. The lowest BCUT2D eigenvalue weighted by Crippen LogP contribution is -2.38. The first-order chi connectivity index (χ1) is 10.6. The molecular formula is C15H18F3NO4. The van der Waals surface area contributed by atoms with Crippen LogP contribution >= 0.6 is 0 Å². The number of carboxylic acid groups (broad SMARTS) is 1. The number of alkyl halides is 3. The summed E-state index contributed by atoms with van der Waals surface area (Å²) in [6, 6.07) is 4.65. The first-order valence-corrected chi connectivity index (χ1v) is 6.92. The summed E-state index contributed by atoms with van der Waals surface area (Å²) in [5, 5.41) is 8.54. The number of aliphatic carboxylic acids is 1. The second kappa shape index (κ2) is 7.85. The minimum atomic E-state index is -4.58. The van der Waals surface area contributed by atoms with Gasteiger partial charge in [-0.25, -0.2) is 0 Å². The number of carbonyl (C=O) groups excluding carboxylic acids is 1. The Bertz CT molecular complexity index is 560. The van der Waals surface area contributed by atoms with Gasteiger partial charge in [0.2, 0.25) is 0 Å². The number of ether oxygens (including phenoxy) is 1. The molecule has 1 N–H and O–H groups in total. The van der Waals surface area contributed by atoms with E-state index in [1.807, 2.05) is 0 Å². The van der Waals surface area contributed by atoms with E-state index in [4.69, 9.17) is 9.84 Å². The third-order valence-electron chi connectivity index (χ3n) is 3.10. The maximum absolute atomic E-state index is 12.9. The monoisotopic (exact) mass is 333 g/mol. The summed E-state index contributed by atoms with van der Waals surface area (Å²) < 4.78 is 43.8. The number of amides is 1. The Morgan fingerprint density at radius 2 is 1.91 bits per heavy atom. The van der Waals surface area contributed by atoms with Crippen LogP contribution in [-0.4, -0.2) is 41.6 Å². The van der Waals surface area contributed by atoms with Gasteiger partial charge in [-0.15, -0.1) is 0 Å². The van der Waals surface area contributed by atoms with E-state index in [1.54, 1.807) is 0 Å². The highest BCUT2D eigenvalue weighted by molar-refractivity contribution is 5.80. The molecule has 0 saturated carbocycles. The van der Waals surface area contributed by atoms with E-state index >= 15 is 0 Å². The van der Waals surface area contributed by atoms with Gasteiger partial charge in [-0.1, -0.05) is 12.1 Å². The van der Waals surface area contributed by atoms with Crippen molar-refractivity contribution in [3.63, 3.8) is 0 Å². The number of hydrogen-bond donors (Lipinski definition) is 1. The van der Waals surface area contributed by atoms with Crippen LogP contribution in [0.5, 0.6) is 5.75 Å². The van der Waals surface area contributed by atoms with E-state index in [9.17, 15) is 22.8 Å². The molecule has 1 aromatic rings.